The zero-order chi connectivity index (χ0) is 14.3. The number of hydrogen-bond donors (Lipinski definition) is 1. The Morgan fingerprint density at radius 3 is 2.15 bits per heavy atom. The third-order valence-electron chi connectivity index (χ3n) is 3.90. The van der Waals surface area contributed by atoms with E-state index in [0.29, 0.717) is 4.90 Å². The van der Waals surface area contributed by atoms with E-state index in [1.54, 1.807) is 12.1 Å². The molecule has 0 aliphatic heterocycles. The molecule has 1 fully saturated rings. The van der Waals surface area contributed by atoms with Crippen LogP contribution in [0.15, 0.2) is 59.5 Å². The fourth-order valence-corrected chi connectivity index (χ4v) is 4.72. The minimum absolute atomic E-state index is 0.0949. The van der Waals surface area contributed by atoms with Crippen molar-refractivity contribution < 1.29 is 8.42 Å². The molecule has 1 saturated carbocycles. The lowest BCUT2D eigenvalue weighted by Gasteiger charge is -2.04. The lowest BCUT2D eigenvalue weighted by Crippen LogP contribution is -2.15. The summed E-state index contributed by atoms with van der Waals surface area (Å²) in [5, 5.41) is -0.507. The first kappa shape index (κ1) is 13.3. The van der Waals surface area contributed by atoms with Gasteiger partial charge in [-0.15, -0.1) is 0 Å². The molecular formula is C16H17NO2S. The Kier molecular flexibility index (Phi) is 3.15. The molecule has 20 heavy (non-hydrogen) atoms. The van der Waals surface area contributed by atoms with Gasteiger partial charge in [0.25, 0.3) is 0 Å². The second-order valence-electron chi connectivity index (χ2n) is 5.34. The zero-order valence-electron chi connectivity index (χ0n) is 11.2. The van der Waals surface area contributed by atoms with Gasteiger partial charge in [-0.05, 0) is 24.6 Å². The molecule has 0 amide bonds. The standard InChI is InChI=1S/C16H17NO2S/c1-11-7-9-13(10-8-11)20(18,19)16-14(15(16)17)12-5-3-2-4-6-12/h2-10,14-16H,17H2,1H3/t14-,15-,16-/m0/s1. The average Bonchev–Trinajstić information content (AvgIpc) is 3.13. The third-order valence-corrected chi connectivity index (χ3v) is 6.15. The van der Waals surface area contributed by atoms with E-state index in [2.05, 4.69) is 0 Å². The van der Waals surface area contributed by atoms with Crippen molar-refractivity contribution in [3.8, 4) is 0 Å². The molecular weight excluding hydrogens is 270 g/mol. The highest BCUT2D eigenvalue weighted by Gasteiger charge is 2.56. The lowest BCUT2D eigenvalue weighted by molar-refractivity contribution is 0.593. The van der Waals surface area contributed by atoms with Gasteiger partial charge in [0.1, 0.15) is 0 Å². The normalized spacial score (nSPS) is 25.4. The molecule has 0 bridgehead atoms. The summed E-state index contributed by atoms with van der Waals surface area (Å²) in [4.78, 5) is 0.363. The molecule has 0 saturated heterocycles. The van der Waals surface area contributed by atoms with Crippen LogP contribution in [0.5, 0.6) is 0 Å². The molecule has 0 aromatic heterocycles. The Bertz CT molecular complexity index is 708. The van der Waals surface area contributed by atoms with Crippen molar-refractivity contribution in [1.29, 1.82) is 0 Å². The van der Waals surface area contributed by atoms with E-state index < -0.39 is 15.1 Å². The molecule has 1 aliphatic carbocycles. The molecule has 1 aliphatic rings. The Morgan fingerprint density at radius 1 is 0.950 bits per heavy atom. The number of sulfone groups is 1. The molecule has 2 N–H and O–H groups in total. The molecule has 3 atom stereocenters. The summed E-state index contributed by atoms with van der Waals surface area (Å²) >= 11 is 0. The summed E-state index contributed by atoms with van der Waals surface area (Å²) in [5.74, 6) is -0.0949. The molecule has 0 radical (unpaired) electrons. The predicted octanol–water partition coefficient (Wildman–Crippen LogP) is 2.26. The SMILES string of the molecule is Cc1ccc(S(=O)(=O)[C@@H]2[C@@H](N)[C@@H]2c2ccccc2)cc1. The first-order valence-electron chi connectivity index (χ1n) is 6.63. The van der Waals surface area contributed by atoms with Gasteiger partial charge in [-0.25, -0.2) is 8.42 Å². The topological polar surface area (TPSA) is 60.2 Å². The minimum atomic E-state index is -3.35. The van der Waals surface area contributed by atoms with Crippen molar-refractivity contribution in [2.24, 2.45) is 5.73 Å². The maximum Gasteiger partial charge on any atom is 0.183 e. The molecule has 0 heterocycles. The van der Waals surface area contributed by atoms with Gasteiger partial charge in [-0.3, -0.25) is 0 Å². The molecule has 0 spiro atoms. The summed E-state index contributed by atoms with van der Waals surface area (Å²) in [7, 11) is -3.35. The summed E-state index contributed by atoms with van der Waals surface area (Å²) in [6.07, 6.45) is 0. The summed E-state index contributed by atoms with van der Waals surface area (Å²) < 4.78 is 25.2. The number of hydrogen-bond acceptors (Lipinski definition) is 3. The molecule has 3 rings (SSSR count). The van der Waals surface area contributed by atoms with Crippen molar-refractivity contribution in [2.45, 2.75) is 29.0 Å². The van der Waals surface area contributed by atoms with E-state index in [4.69, 9.17) is 5.73 Å². The van der Waals surface area contributed by atoms with E-state index in [-0.39, 0.29) is 12.0 Å². The van der Waals surface area contributed by atoms with Gasteiger partial charge < -0.3 is 5.73 Å². The van der Waals surface area contributed by atoms with Crippen molar-refractivity contribution in [1.82, 2.24) is 0 Å². The van der Waals surface area contributed by atoms with E-state index >= 15 is 0 Å². The van der Waals surface area contributed by atoms with Crippen LogP contribution in [-0.2, 0) is 9.84 Å². The van der Waals surface area contributed by atoms with Crippen molar-refractivity contribution in [3.05, 3.63) is 65.7 Å². The van der Waals surface area contributed by atoms with Gasteiger partial charge >= 0.3 is 0 Å². The second kappa shape index (κ2) is 4.72. The van der Waals surface area contributed by atoms with Crippen LogP contribution in [0.2, 0.25) is 0 Å². The van der Waals surface area contributed by atoms with Crippen LogP contribution in [0.1, 0.15) is 17.0 Å². The molecule has 3 nitrogen and oxygen atoms in total. The smallest absolute Gasteiger partial charge is 0.183 e. The molecule has 2 aromatic carbocycles. The van der Waals surface area contributed by atoms with Crippen LogP contribution in [-0.4, -0.2) is 19.7 Å². The van der Waals surface area contributed by atoms with E-state index in [9.17, 15) is 8.42 Å². The second-order valence-corrected chi connectivity index (χ2v) is 7.44. The van der Waals surface area contributed by atoms with Gasteiger partial charge in [0, 0.05) is 12.0 Å². The monoisotopic (exact) mass is 287 g/mol. The van der Waals surface area contributed by atoms with Gasteiger partial charge in [-0.2, -0.15) is 0 Å². The first-order valence-corrected chi connectivity index (χ1v) is 8.17. The van der Waals surface area contributed by atoms with Gasteiger partial charge in [-0.1, -0.05) is 48.0 Å². The van der Waals surface area contributed by atoms with E-state index in [1.807, 2.05) is 49.4 Å². The highest BCUT2D eigenvalue weighted by molar-refractivity contribution is 7.92. The fraction of sp³-hybridized carbons (Fsp3) is 0.250. The maximum absolute atomic E-state index is 12.6. The van der Waals surface area contributed by atoms with Gasteiger partial charge in [0.15, 0.2) is 9.84 Å². The van der Waals surface area contributed by atoms with Crippen LogP contribution in [0.25, 0.3) is 0 Å². The van der Waals surface area contributed by atoms with Crippen molar-refractivity contribution >= 4 is 9.84 Å². The van der Waals surface area contributed by atoms with Crippen LogP contribution in [0, 0.1) is 6.92 Å². The first-order chi connectivity index (χ1) is 9.51. The zero-order valence-corrected chi connectivity index (χ0v) is 12.0. The van der Waals surface area contributed by atoms with Crippen LogP contribution >= 0.6 is 0 Å². The summed E-state index contributed by atoms with van der Waals surface area (Å²) in [5.41, 5.74) is 8.06. The number of nitrogens with two attached hydrogens (primary N) is 1. The van der Waals surface area contributed by atoms with Crippen LogP contribution < -0.4 is 5.73 Å². The quantitative estimate of drug-likeness (QED) is 0.942. The Hall–Kier alpha value is -1.65. The van der Waals surface area contributed by atoms with Crippen molar-refractivity contribution in [3.63, 3.8) is 0 Å². The average molecular weight is 287 g/mol. The number of rotatable bonds is 3. The molecule has 4 heteroatoms. The largest absolute Gasteiger partial charge is 0.326 e. The summed E-state index contributed by atoms with van der Waals surface area (Å²) in [6.45, 7) is 1.94. The van der Waals surface area contributed by atoms with Gasteiger partial charge in [0.05, 0.1) is 10.1 Å². The number of aryl methyl sites for hydroxylation is 1. The van der Waals surface area contributed by atoms with Gasteiger partial charge in [0.2, 0.25) is 0 Å². The third kappa shape index (κ3) is 2.15. The lowest BCUT2D eigenvalue weighted by atomic mass is 10.1. The van der Waals surface area contributed by atoms with Crippen LogP contribution in [0.3, 0.4) is 0 Å². The number of benzene rings is 2. The molecule has 2 aromatic rings. The summed E-state index contributed by atoms with van der Waals surface area (Å²) in [6, 6.07) is 16.3. The highest BCUT2D eigenvalue weighted by Crippen LogP contribution is 2.46. The highest BCUT2D eigenvalue weighted by atomic mass is 32.2. The molecule has 104 valence electrons. The fourth-order valence-electron chi connectivity index (χ4n) is 2.68. The van der Waals surface area contributed by atoms with Crippen LogP contribution in [0.4, 0.5) is 0 Å². The molecule has 0 unspecified atom stereocenters. The Morgan fingerprint density at radius 2 is 1.55 bits per heavy atom. The Balaban J connectivity index is 1.92. The predicted molar refractivity (Wildman–Crippen MR) is 79.3 cm³/mol. The van der Waals surface area contributed by atoms with E-state index in [0.717, 1.165) is 11.1 Å². The Labute approximate surface area is 119 Å². The maximum atomic E-state index is 12.6. The van der Waals surface area contributed by atoms with Crippen molar-refractivity contribution in [2.75, 3.05) is 0 Å². The van der Waals surface area contributed by atoms with E-state index in [1.165, 1.54) is 0 Å². The minimum Gasteiger partial charge on any atom is -0.326 e.